The van der Waals surface area contributed by atoms with Crippen LogP contribution in [0, 0.1) is 11.6 Å². The molecule has 0 radical (unpaired) electrons. The van der Waals surface area contributed by atoms with Gasteiger partial charge in [0.05, 0.1) is 10.6 Å². The predicted molar refractivity (Wildman–Crippen MR) is 126 cm³/mol. The molecule has 0 spiro atoms. The SMILES string of the molecule is NC(=O)C(c1cc(F)cc(F)c1)N(Cc1ccc(-c2ccn[nH]2)cc1)S(=O)(=O)c1ccc(Cl)cc1. The third-order valence-corrected chi connectivity index (χ3v) is 7.36. The van der Waals surface area contributed by atoms with E-state index in [1.54, 1.807) is 36.5 Å². The van der Waals surface area contributed by atoms with Gasteiger partial charge in [-0.3, -0.25) is 9.89 Å². The van der Waals surface area contributed by atoms with Gasteiger partial charge in [0.25, 0.3) is 0 Å². The Labute approximate surface area is 205 Å². The van der Waals surface area contributed by atoms with Crippen molar-refractivity contribution < 1.29 is 22.0 Å². The molecule has 4 aromatic rings. The second-order valence-corrected chi connectivity index (χ2v) is 10.0. The zero-order valence-corrected chi connectivity index (χ0v) is 19.6. The molecule has 35 heavy (non-hydrogen) atoms. The third kappa shape index (κ3) is 5.40. The van der Waals surface area contributed by atoms with Crippen LogP contribution in [0.1, 0.15) is 17.2 Å². The molecule has 3 N–H and O–H groups in total. The Kier molecular flexibility index (Phi) is 6.97. The molecule has 1 unspecified atom stereocenters. The van der Waals surface area contributed by atoms with E-state index < -0.39 is 33.6 Å². The van der Waals surface area contributed by atoms with Crippen LogP contribution in [0.15, 0.2) is 83.9 Å². The van der Waals surface area contributed by atoms with Crippen molar-refractivity contribution in [1.29, 1.82) is 0 Å². The number of aromatic amines is 1. The number of hydrogen-bond donors (Lipinski definition) is 2. The van der Waals surface area contributed by atoms with Crippen LogP contribution in [0.2, 0.25) is 5.02 Å². The highest BCUT2D eigenvalue weighted by Gasteiger charge is 2.36. The first-order chi connectivity index (χ1) is 16.6. The number of nitrogens with zero attached hydrogens (tertiary/aromatic N) is 2. The maximum absolute atomic E-state index is 14.0. The van der Waals surface area contributed by atoms with Crippen molar-refractivity contribution in [2.24, 2.45) is 5.73 Å². The van der Waals surface area contributed by atoms with Crippen molar-refractivity contribution in [2.75, 3.05) is 0 Å². The van der Waals surface area contributed by atoms with Crippen LogP contribution in [-0.4, -0.2) is 28.8 Å². The quantitative estimate of drug-likeness (QED) is 0.361. The van der Waals surface area contributed by atoms with Gasteiger partial charge in [0.2, 0.25) is 15.9 Å². The summed E-state index contributed by atoms with van der Waals surface area (Å²) >= 11 is 5.90. The van der Waals surface area contributed by atoms with Crippen LogP contribution in [0.5, 0.6) is 0 Å². The molecule has 0 aliphatic rings. The summed E-state index contributed by atoms with van der Waals surface area (Å²) < 4.78 is 56.2. The Morgan fingerprint density at radius 3 is 2.17 bits per heavy atom. The fraction of sp³-hybridized carbons (Fsp3) is 0.0833. The second-order valence-electron chi connectivity index (χ2n) is 7.68. The maximum atomic E-state index is 14.0. The summed E-state index contributed by atoms with van der Waals surface area (Å²) in [6.07, 6.45) is 1.60. The monoisotopic (exact) mass is 516 g/mol. The largest absolute Gasteiger partial charge is 0.368 e. The number of carbonyl (C=O) groups excluding carboxylic acids is 1. The summed E-state index contributed by atoms with van der Waals surface area (Å²) in [6, 6.07) is 14.6. The van der Waals surface area contributed by atoms with Crippen LogP contribution in [0.4, 0.5) is 8.78 Å². The summed E-state index contributed by atoms with van der Waals surface area (Å²) in [7, 11) is -4.37. The number of primary amides is 1. The summed E-state index contributed by atoms with van der Waals surface area (Å²) in [5.74, 6) is -3.04. The van der Waals surface area contributed by atoms with E-state index in [-0.39, 0.29) is 17.0 Å². The van der Waals surface area contributed by atoms with Crippen LogP contribution < -0.4 is 5.73 Å². The number of amides is 1. The van der Waals surface area contributed by atoms with E-state index in [9.17, 15) is 22.0 Å². The zero-order chi connectivity index (χ0) is 25.2. The van der Waals surface area contributed by atoms with E-state index in [0.717, 1.165) is 27.7 Å². The number of nitrogens with one attached hydrogen (secondary N) is 1. The van der Waals surface area contributed by atoms with Gasteiger partial charge in [-0.1, -0.05) is 35.9 Å². The molecule has 3 aromatic carbocycles. The van der Waals surface area contributed by atoms with Crippen molar-refractivity contribution in [3.8, 4) is 11.3 Å². The molecule has 11 heteroatoms. The lowest BCUT2D eigenvalue weighted by Gasteiger charge is -2.29. The Morgan fingerprint density at radius 2 is 1.63 bits per heavy atom. The van der Waals surface area contributed by atoms with Crippen molar-refractivity contribution >= 4 is 27.5 Å². The normalized spacial score (nSPS) is 12.6. The molecule has 1 heterocycles. The summed E-state index contributed by atoms with van der Waals surface area (Å²) in [5.41, 5.74) is 7.42. The first kappa shape index (κ1) is 24.5. The van der Waals surface area contributed by atoms with E-state index in [4.69, 9.17) is 17.3 Å². The number of halogens is 3. The van der Waals surface area contributed by atoms with Crippen LogP contribution >= 0.6 is 11.6 Å². The van der Waals surface area contributed by atoms with Crippen molar-refractivity contribution in [2.45, 2.75) is 17.5 Å². The molecule has 1 aromatic heterocycles. The minimum atomic E-state index is -4.37. The van der Waals surface area contributed by atoms with Gasteiger partial charge in [-0.25, -0.2) is 17.2 Å². The highest BCUT2D eigenvalue weighted by atomic mass is 35.5. The lowest BCUT2D eigenvalue weighted by Crippen LogP contribution is -2.41. The van der Waals surface area contributed by atoms with Crippen molar-refractivity contribution in [3.05, 3.63) is 107 Å². The number of aromatic nitrogens is 2. The molecular formula is C24H19ClF2N4O3S. The minimum absolute atomic E-state index is 0.167. The summed E-state index contributed by atoms with van der Waals surface area (Å²) in [5, 5.41) is 7.04. The zero-order valence-electron chi connectivity index (χ0n) is 18.0. The Bertz CT molecular complexity index is 1430. The first-order valence-corrected chi connectivity index (χ1v) is 12.1. The van der Waals surface area contributed by atoms with Gasteiger partial charge in [-0.15, -0.1) is 0 Å². The molecule has 0 saturated carbocycles. The average Bonchev–Trinajstić information content (AvgIpc) is 3.33. The molecular weight excluding hydrogens is 498 g/mol. The Morgan fingerprint density at radius 1 is 1.00 bits per heavy atom. The Balaban J connectivity index is 1.80. The van der Waals surface area contributed by atoms with Gasteiger partial charge in [0, 0.05) is 23.8 Å². The third-order valence-electron chi connectivity index (χ3n) is 5.28. The van der Waals surface area contributed by atoms with Gasteiger partial charge in [0.15, 0.2) is 0 Å². The van der Waals surface area contributed by atoms with E-state index >= 15 is 0 Å². The second kappa shape index (κ2) is 9.95. The number of nitrogens with two attached hydrogens (primary N) is 1. The van der Waals surface area contributed by atoms with E-state index in [2.05, 4.69) is 10.2 Å². The van der Waals surface area contributed by atoms with Gasteiger partial charge in [0.1, 0.15) is 17.7 Å². The average molecular weight is 517 g/mol. The van der Waals surface area contributed by atoms with E-state index in [1.807, 2.05) is 0 Å². The van der Waals surface area contributed by atoms with Gasteiger partial charge in [-0.2, -0.15) is 9.40 Å². The molecule has 0 aliphatic carbocycles. The van der Waals surface area contributed by atoms with Gasteiger partial charge < -0.3 is 5.73 Å². The van der Waals surface area contributed by atoms with Crippen LogP contribution in [0.3, 0.4) is 0 Å². The van der Waals surface area contributed by atoms with E-state index in [1.165, 1.54) is 24.3 Å². The highest BCUT2D eigenvalue weighted by molar-refractivity contribution is 7.89. The van der Waals surface area contributed by atoms with E-state index in [0.29, 0.717) is 16.7 Å². The lowest BCUT2D eigenvalue weighted by atomic mass is 10.0. The fourth-order valence-corrected chi connectivity index (χ4v) is 5.35. The smallest absolute Gasteiger partial charge is 0.244 e. The standard InChI is InChI=1S/C24H19ClF2N4O3S/c25-18-5-7-21(8-6-18)35(33,34)31(23(24(28)32)17-11-19(26)13-20(27)12-17)14-15-1-3-16(4-2-15)22-9-10-29-30-22/h1-13,23H,14H2,(H2,28,32)(H,29,30). The van der Waals surface area contributed by atoms with Crippen LogP contribution in [0.25, 0.3) is 11.3 Å². The molecule has 180 valence electrons. The number of sulfonamides is 1. The van der Waals surface area contributed by atoms with Gasteiger partial charge in [-0.05, 0) is 59.2 Å². The van der Waals surface area contributed by atoms with Crippen molar-refractivity contribution in [1.82, 2.24) is 14.5 Å². The number of hydrogen-bond acceptors (Lipinski definition) is 4. The highest BCUT2D eigenvalue weighted by Crippen LogP contribution is 2.31. The van der Waals surface area contributed by atoms with Crippen LogP contribution in [-0.2, 0) is 21.4 Å². The molecule has 7 nitrogen and oxygen atoms in total. The molecule has 4 rings (SSSR count). The summed E-state index contributed by atoms with van der Waals surface area (Å²) in [6.45, 7) is -0.306. The summed E-state index contributed by atoms with van der Waals surface area (Å²) in [4.78, 5) is 12.4. The first-order valence-electron chi connectivity index (χ1n) is 10.3. The number of benzene rings is 3. The fourth-order valence-electron chi connectivity index (χ4n) is 3.65. The maximum Gasteiger partial charge on any atom is 0.244 e. The van der Waals surface area contributed by atoms with Gasteiger partial charge >= 0.3 is 0 Å². The van der Waals surface area contributed by atoms with Crippen molar-refractivity contribution in [3.63, 3.8) is 0 Å². The lowest BCUT2D eigenvalue weighted by molar-refractivity contribution is -0.122. The molecule has 1 atom stereocenters. The topological polar surface area (TPSA) is 109 Å². The molecule has 1 amide bonds. The number of H-pyrrole nitrogens is 1. The molecule has 0 fully saturated rings. The number of rotatable bonds is 8. The molecule has 0 saturated heterocycles. The Hall–Kier alpha value is -3.60. The molecule has 0 bridgehead atoms. The molecule has 0 aliphatic heterocycles. The predicted octanol–water partition coefficient (Wildman–Crippen LogP) is 4.43. The number of carbonyl (C=O) groups is 1. The minimum Gasteiger partial charge on any atom is -0.368 e.